The van der Waals surface area contributed by atoms with Crippen molar-refractivity contribution in [3.8, 4) is 5.88 Å². The van der Waals surface area contributed by atoms with Crippen LogP contribution in [-0.2, 0) is 4.79 Å². The zero-order valence-corrected chi connectivity index (χ0v) is 13.8. The maximum Gasteiger partial charge on any atom is 0.228 e. The van der Waals surface area contributed by atoms with Crippen molar-refractivity contribution >= 4 is 11.9 Å². The van der Waals surface area contributed by atoms with Gasteiger partial charge < -0.3 is 19.6 Å². The quantitative estimate of drug-likeness (QED) is 0.868. The number of piperidine rings is 1. The minimum atomic E-state index is -1.03. The minimum Gasteiger partial charge on any atom is -0.481 e. The highest BCUT2D eigenvalue weighted by Crippen LogP contribution is 2.27. The summed E-state index contributed by atoms with van der Waals surface area (Å²) in [5.74, 6) is 0.931. The van der Waals surface area contributed by atoms with Gasteiger partial charge >= 0.3 is 0 Å². The standard InChI is InChI=1S/C16H23FN4O3/c1-24-14-2-5-18-16(19-14)20-6-3-11(4-7-20)15(23)21-9-12(17)8-13(21)10-22/h2,5,11-13,22H,3-4,6-10H2,1H3/t12-,13-/m0/s1. The number of likely N-dealkylation sites (tertiary alicyclic amines) is 1. The minimum absolute atomic E-state index is 0.0413. The number of hydrogen-bond donors (Lipinski definition) is 1. The summed E-state index contributed by atoms with van der Waals surface area (Å²) in [6, 6.07) is 1.31. The number of nitrogens with zero attached hydrogens (tertiary/aromatic N) is 4. The molecule has 2 aliphatic heterocycles. The van der Waals surface area contributed by atoms with E-state index >= 15 is 0 Å². The van der Waals surface area contributed by atoms with Crippen LogP contribution in [0.1, 0.15) is 19.3 Å². The van der Waals surface area contributed by atoms with Crippen LogP contribution in [0.4, 0.5) is 10.3 Å². The SMILES string of the molecule is COc1ccnc(N2CCC(C(=O)N3C[C@@H](F)C[C@H]3CO)CC2)n1. The molecule has 0 aliphatic carbocycles. The molecule has 132 valence electrons. The van der Waals surface area contributed by atoms with Gasteiger partial charge in [-0.3, -0.25) is 4.79 Å². The Kier molecular flexibility index (Phi) is 5.13. The van der Waals surface area contributed by atoms with E-state index in [4.69, 9.17) is 4.74 Å². The summed E-state index contributed by atoms with van der Waals surface area (Å²) in [5, 5.41) is 9.34. The van der Waals surface area contributed by atoms with Crippen LogP contribution < -0.4 is 9.64 Å². The Balaban J connectivity index is 1.59. The number of methoxy groups -OCH3 is 1. The summed E-state index contributed by atoms with van der Waals surface area (Å²) in [5.41, 5.74) is 0. The Morgan fingerprint density at radius 1 is 1.46 bits per heavy atom. The van der Waals surface area contributed by atoms with Crippen molar-refractivity contribution < 1.29 is 19.0 Å². The van der Waals surface area contributed by atoms with E-state index in [9.17, 15) is 14.3 Å². The van der Waals surface area contributed by atoms with E-state index in [2.05, 4.69) is 9.97 Å². The number of amides is 1. The van der Waals surface area contributed by atoms with Crippen LogP contribution in [0.15, 0.2) is 12.3 Å². The number of aliphatic hydroxyl groups excluding tert-OH is 1. The molecule has 0 saturated carbocycles. The van der Waals surface area contributed by atoms with Crippen LogP contribution in [0.2, 0.25) is 0 Å². The predicted octanol–water partition coefficient (Wildman–Crippen LogP) is 0.633. The smallest absolute Gasteiger partial charge is 0.228 e. The predicted molar refractivity (Wildman–Crippen MR) is 85.6 cm³/mol. The Morgan fingerprint density at radius 2 is 2.21 bits per heavy atom. The lowest BCUT2D eigenvalue weighted by Crippen LogP contribution is -2.45. The van der Waals surface area contributed by atoms with Gasteiger partial charge in [0.15, 0.2) is 0 Å². The van der Waals surface area contributed by atoms with Crippen LogP contribution in [0.25, 0.3) is 0 Å². The number of aliphatic hydroxyl groups is 1. The first-order chi connectivity index (χ1) is 11.6. The molecule has 0 spiro atoms. The molecule has 0 unspecified atom stereocenters. The van der Waals surface area contributed by atoms with Crippen molar-refractivity contribution in [3.63, 3.8) is 0 Å². The highest BCUT2D eigenvalue weighted by molar-refractivity contribution is 5.80. The third-order valence-corrected chi connectivity index (χ3v) is 4.81. The average Bonchev–Trinajstić information content (AvgIpc) is 3.02. The molecular weight excluding hydrogens is 315 g/mol. The topological polar surface area (TPSA) is 78.8 Å². The second-order valence-electron chi connectivity index (χ2n) is 6.32. The first-order valence-electron chi connectivity index (χ1n) is 8.29. The molecule has 1 aromatic heterocycles. The Hall–Kier alpha value is -1.96. The number of carbonyl (C=O) groups is 1. The van der Waals surface area contributed by atoms with Gasteiger partial charge in [0.05, 0.1) is 26.3 Å². The van der Waals surface area contributed by atoms with Crippen molar-refractivity contribution in [1.29, 1.82) is 0 Å². The van der Waals surface area contributed by atoms with Gasteiger partial charge in [0.25, 0.3) is 0 Å². The van der Waals surface area contributed by atoms with E-state index in [0.717, 1.165) is 0 Å². The molecule has 24 heavy (non-hydrogen) atoms. The second kappa shape index (κ2) is 7.29. The Morgan fingerprint density at radius 3 is 2.88 bits per heavy atom. The van der Waals surface area contributed by atoms with Crippen LogP contribution in [0.3, 0.4) is 0 Å². The van der Waals surface area contributed by atoms with Gasteiger partial charge in [-0.05, 0) is 12.8 Å². The maximum atomic E-state index is 13.6. The summed E-state index contributed by atoms with van der Waals surface area (Å²) >= 11 is 0. The number of halogens is 1. The first kappa shape index (κ1) is 16.9. The molecule has 7 nitrogen and oxygen atoms in total. The number of anilines is 1. The molecule has 8 heteroatoms. The van der Waals surface area contributed by atoms with E-state index in [1.165, 1.54) is 4.90 Å². The molecule has 3 rings (SSSR count). The lowest BCUT2D eigenvalue weighted by molar-refractivity contribution is -0.137. The average molecular weight is 338 g/mol. The summed E-state index contributed by atoms with van der Waals surface area (Å²) in [6.45, 7) is 1.26. The fourth-order valence-electron chi connectivity index (χ4n) is 3.46. The van der Waals surface area contributed by atoms with Crippen LogP contribution in [-0.4, -0.2) is 71.4 Å². The maximum absolute atomic E-state index is 13.6. The van der Waals surface area contributed by atoms with Crippen molar-refractivity contribution in [2.75, 3.05) is 38.3 Å². The van der Waals surface area contributed by atoms with Gasteiger partial charge in [0, 0.05) is 37.7 Å². The lowest BCUT2D eigenvalue weighted by Gasteiger charge is -2.34. The number of hydrogen-bond acceptors (Lipinski definition) is 6. The third kappa shape index (κ3) is 3.43. The molecule has 2 fully saturated rings. The summed E-state index contributed by atoms with van der Waals surface area (Å²) in [7, 11) is 1.56. The van der Waals surface area contributed by atoms with Crippen LogP contribution >= 0.6 is 0 Å². The van der Waals surface area contributed by atoms with Gasteiger partial charge in [-0.1, -0.05) is 0 Å². The molecule has 1 aromatic rings. The second-order valence-corrected chi connectivity index (χ2v) is 6.32. The zero-order valence-electron chi connectivity index (χ0n) is 13.8. The Bertz CT molecular complexity index is 580. The molecule has 0 aromatic carbocycles. The van der Waals surface area contributed by atoms with Crippen LogP contribution in [0, 0.1) is 5.92 Å². The van der Waals surface area contributed by atoms with Gasteiger partial charge in [0.2, 0.25) is 17.7 Å². The zero-order chi connectivity index (χ0) is 17.1. The van der Waals surface area contributed by atoms with E-state index in [0.29, 0.717) is 37.8 Å². The van der Waals surface area contributed by atoms with Crippen LogP contribution in [0.5, 0.6) is 5.88 Å². The molecule has 3 heterocycles. The number of aromatic nitrogens is 2. The molecular formula is C16H23FN4O3. The normalized spacial score (nSPS) is 25.1. The highest BCUT2D eigenvalue weighted by atomic mass is 19.1. The van der Waals surface area contributed by atoms with Crippen molar-refractivity contribution in [1.82, 2.24) is 14.9 Å². The molecule has 2 saturated heterocycles. The summed E-state index contributed by atoms with van der Waals surface area (Å²) < 4.78 is 18.7. The lowest BCUT2D eigenvalue weighted by atomic mass is 9.95. The van der Waals surface area contributed by atoms with E-state index < -0.39 is 6.17 Å². The molecule has 0 bridgehead atoms. The molecule has 1 amide bonds. The summed E-state index contributed by atoms with van der Waals surface area (Å²) in [6.07, 6.45) is 2.20. The highest BCUT2D eigenvalue weighted by Gasteiger charge is 2.38. The molecule has 2 aliphatic rings. The number of carbonyl (C=O) groups excluding carboxylic acids is 1. The van der Waals surface area contributed by atoms with Crippen molar-refractivity contribution in [3.05, 3.63) is 12.3 Å². The largest absolute Gasteiger partial charge is 0.481 e. The summed E-state index contributed by atoms with van der Waals surface area (Å²) in [4.78, 5) is 24.7. The van der Waals surface area contributed by atoms with Gasteiger partial charge in [-0.2, -0.15) is 4.98 Å². The van der Waals surface area contributed by atoms with Crippen molar-refractivity contribution in [2.24, 2.45) is 5.92 Å². The Labute approximate surface area is 140 Å². The third-order valence-electron chi connectivity index (χ3n) is 4.81. The number of ether oxygens (including phenoxy) is 1. The van der Waals surface area contributed by atoms with E-state index in [-0.39, 0.29) is 37.4 Å². The molecule has 2 atom stereocenters. The fourth-order valence-corrected chi connectivity index (χ4v) is 3.46. The number of rotatable bonds is 4. The monoisotopic (exact) mass is 338 g/mol. The van der Waals surface area contributed by atoms with E-state index in [1.807, 2.05) is 4.90 Å². The molecule has 0 radical (unpaired) electrons. The number of alkyl halides is 1. The van der Waals surface area contributed by atoms with Crippen molar-refractivity contribution in [2.45, 2.75) is 31.5 Å². The van der Waals surface area contributed by atoms with Gasteiger partial charge in [0.1, 0.15) is 6.17 Å². The van der Waals surface area contributed by atoms with E-state index in [1.54, 1.807) is 19.4 Å². The van der Waals surface area contributed by atoms with Gasteiger partial charge in [-0.15, -0.1) is 0 Å². The fraction of sp³-hybridized carbons (Fsp3) is 0.688. The first-order valence-corrected chi connectivity index (χ1v) is 8.29. The molecule has 1 N–H and O–H groups in total. The van der Waals surface area contributed by atoms with Gasteiger partial charge in [-0.25, -0.2) is 9.37 Å².